The van der Waals surface area contributed by atoms with E-state index in [9.17, 15) is 9.18 Å². The zero-order valence-corrected chi connectivity index (χ0v) is 14.8. The van der Waals surface area contributed by atoms with Crippen LogP contribution in [0, 0.1) is 5.82 Å². The second-order valence-electron chi connectivity index (χ2n) is 5.18. The molecule has 7 nitrogen and oxygen atoms in total. The highest BCUT2D eigenvalue weighted by Crippen LogP contribution is 2.29. The molecule has 2 rings (SSSR count). The molecule has 0 spiro atoms. The molecule has 0 aliphatic heterocycles. The molecule has 0 unspecified atom stereocenters. The number of hydrogen-bond acceptors (Lipinski definition) is 4. The van der Waals surface area contributed by atoms with Gasteiger partial charge in [0.25, 0.3) is 0 Å². The van der Waals surface area contributed by atoms with Gasteiger partial charge >= 0.3 is 0 Å². The Bertz CT molecular complexity index is 779. The van der Waals surface area contributed by atoms with E-state index in [1.807, 2.05) is 0 Å². The van der Waals surface area contributed by atoms with Gasteiger partial charge in [0.05, 0.1) is 20.8 Å². The van der Waals surface area contributed by atoms with Gasteiger partial charge in [0.15, 0.2) is 17.5 Å². The van der Waals surface area contributed by atoms with Gasteiger partial charge in [-0.1, -0.05) is 0 Å². The summed E-state index contributed by atoms with van der Waals surface area (Å²) in [5.41, 5.74) is 1.23. The molecule has 0 heterocycles. The summed E-state index contributed by atoms with van der Waals surface area (Å²) in [6.07, 6.45) is 0. The quantitative estimate of drug-likeness (QED) is 0.544. The fourth-order valence-electron chi connectivity index (χ4n) is 2.13. The summed E-state index contributed by atoms with van der Waals surface area (Å²) in [6.45, 7) is -0.00958. The summed E-state index contributed by atoms with van der Waals surface area (Å²) in [7, 11) is 4.70. The molecule has 2 aromatic carbocycles. The predicted octanol–water partition coefficient (Wildman–Crippen LogP) is 2.47. The summed E-state index contributed by atoms with van der Waals surface area (Å²) in [5, 5.41) is 8.61. The number of benzene rings is 2. The molecule has 0 aromatic heterocycles. The lowest BCUT2D eigenvalue weighted by atomic mass is 10.3. The predicted molar refractivity (Wildman–Crippen MR) is 99.6 cm³/mol. The number of guanidine groups is 1. The standard InChI is InChI=1S/C18H21FN4O3/c1-20-18(23-14-8-9-15(25-2)16(10-14)26-3)21-11-17(24)22-13-6-4-12(19)5-7-13/h4-10H,11H2,1-3H3,(H,22,24)(H2,20,21,23). The van der Waals surface area contributed by atoms with E-state index in [1.54, 1.807) is 39.5 Å². The van der Waals surface area contributed by atoms with Crippen molar-refractivity contribution >= 4 is 23.2 Å². The van der Waals surface area contributed by atoms with E-state index >= 15 is 0 Å². The fourth-order valence-corrected chi connectivity index (χ4v) is 2.13. The van der Waals surface area contributed by atoms with E-state index in [0.717, 1.165) is 5.69 Å². The van der Waals surface area contributed by atoms with Crippen molar-refractivity contribution in [3.05, 3.63) is 48.3 Å². The Hall–Kier alpha value is -3.29. The van der Waals surface area contributed by atoms with Crippen molar-refractivity contribution < 1.29 is 18.7 Å². The summed E-state index contributed by atoms with van der Waals surface area (Å²) in [6, 6.07) is 10.8. The first-order valence-corrected chi connectivity index (χ1v) is 7.81. The van der Waals surface area contributed by atoms with Crippen molar-refractivity contribution in [3.8, 4) is 11.5 Å². The van der Waals surface area contributed by atoms with E-state index < -0.39 is 0 Å². The summed E-state index contributed by atoms with van der Waals surface area (Å²) >= 11 is 0. The molecule has 0 radical (unpaired) electrons. The van der Waals surface area contributed by atoms with Crippen LogP contribution in [0.15, 0.2) is 47.5 Å². The highest BCUT2D eigenvalue weighted by molar-refractivity contribution is 5.99. The zero-order valence-electron chi connectivity index (χ0n) is 14.8. The third-order valence-electron chi connectivity index (χ3n) is 3.41. The Morgan fingerprint density at radius 2 is 1.65 bits per heavy atom. The van der Waals surface area contributed by atoms with Gasteiger partial charge in [-0.2, -0.15) is 0 Å². The molecule has 0 saturated heterocycles. The van der Waals surface area contributed by atoms with Crippen molar-refractivity contribution in [1.82, 2.24) is 5.32 Å². The average molecular weight is 360 g/mol. The topological polar surface area (TPSA) is 84.0 Å². The Morgan fingerprint density at radius 3 is 2.27 bits per heavy atom. The Kier molecular flexibility index (Phi) is 6.78. The minimum Gasteiger partial charge on any atom is -0.493 e. The van der Waals surface area contributed by atoms with Crippen molar-refractivity contribution in [2.75, 3.05) is 38.4 Å². The van der Waals surface area contributed by atoms with Gasteiger partial charge in [-0.3, -0.25) is 9.79 Å². The summed E-state index contributed by atoms with van der Waals surface area (Å²) < 4.78 is 23.3. The SMILES string of the molecule is CN=C(NCC(=O)Nc1ccc(F)cc1)Nc1ccc(OC)c(OC)c1. The van der Waals surface area contributed by atoms with Gasteiger partial charge in [0.1, 0.15) is 5.82 Å². The molecule has 26 heavy (non-hydrogen) atoms. The molecule has 0 aliphatic carbocycles. The third-order valence-corrected chi connectivity index (χ3v) is 3.41. The van der Waals surface area contributed by atoms with Crippen LogP contribution in [0.25, 0.3) is 0 Å². The molecule has 2 aromatic rings. The van der Waals surface area contributed by atoms with Crippen LogP contribution in [0.4, 0.5) is 15.8 Å². The lowest BCUT2D eigenvalue weighted by Crippen LogP contribution is -2.37. The number of anilines is 2. The largest absolute Gasteiger partial charge is 0.493 e. The lowest BCUT2D eigenvalue weighted by Gasteiger charge is -2.14. The van der Waals surface area contributed by atoms with Crippen LogP contribution in [0.2, 0.25) is 0 Å². The first kappa shape index (κ1) is 19.0. The molecule has 3 N–H and O–H groups in total. The number of aliphatic imine (C=N–C) groups is 1. The number of nitrogens with one attached hydrogen (secondary N) is 3. The second kappa shape index (κ2) is 9.26. The minimum atomic E-state index is -0.361. The van der Waals surface area contributed by atoms with Gasteiger partial charge in [-0.15, -0.1) is 0 Å². The molecule has 0 saturated carbocycles. The van der Waals surface area contributed by atoms with Crippen LogP contribution in [-0.2, 0) is 4.79 Å². The van der Waals surface area contributed by atoms with E-state index in [-0.39, 0.29) is 18.3 Å². The molecule has 0 atom stereocenters. The summed E-state index contributed by atoms with van der Waals surface area (Å²) in [5.74, 6) is 0.945. The maximum atomic E-state index is 12.9. The molecule has 8 heteroatoms. The van der Waals surface area contributed by atoms with Gasteiger partial charge in [-0.25, -0.2) is 4.39 Å². The molecule has 0 aliphatic rings. The van der Waals surface area contributed by atoms with E-state index in [2.05, 4.69) is 20.9 Å². The Balaban J connectivity index is 1.91. The van der Waals surface area contributed by atoms with Crippen LogP contribution < -0.4 is 25.4 Å². The molecule has 0 bridgehead atoms. The number of amides is 1. The first-order valence-electron chi connectivity index (χ1n) is 7.81. The molecular formula is C18H21FN4O3. The number of halogens is 1. The molecule has 1 amide bonds. The Morgan fingerprint density at radius 1 is 1.00 bits per heavy atom. The first-order chi connectivity index (χ1) is 12.5. The number of hydrogen-bond donors (Lipinski definition) is 3. The van der Waals surface area contributed by atoms with Crippen molar-refractivity contribution in [1.29, 1.82) is 0 Å². The average Bonchev–Trinajstić information content (AvgIpc) is 2.66. The molecule has 0 fully saturated rings. The van der Waals surface area contributed by atoms with Gasteiger partial charge in [-0.05, 0) is 36.4 Å². The van der Waals surface area contributed by atoms with Crippen molar-refractivity contribution in [3.63, 3.8) is 0 Å². The molecule has 138 valence electrons. The van der Waals surface area contributed by atoms with Gasteiger partial charge < -0.3 is 25.4 Å². The number of methoxy groups -OCH3 is 2. The van der Waals surface area contributed by atoms with E-state index in [4.69, 9.17) is 9.47 Å². The van der Waals surface area contributed by atoms with Crippen molar-refractivity contribution in [2.45, 2.75) is 0 Å². The number of carbonyl (C=O) groups excluding carboxylic acids is 1. The van der Waals surface area contributed by atoms with E-state index in [1.165, 1.54) is 24.3 Å². The summed E-state index contributed by atoms with van der Waals surface area (Å²) in [4.78, 5) is 16.0. The van der Waals surface area contributed by atoms with Crippen LogP contribution >= 0.6 is 0 Å². The normalized spacial score (nSPS) is 10.8. The van der Waals surface area contributed by atoms with Crippen LogP contribution in [0.3, 0.4) is 0 Å². The van der Waals surface area contributed by atoms with Gasteiger partial charge in [0, 0.05) is 24.5 Å². The zero-order chi connectivity index (χ0) is 18.9. The minimum absolute atomic E-state index is 0.00958. The van der Waals surface area contributed by atoms with Crippen molar-refractivity contribution in [2.24, 2.45) is 4.99 Å². The Labute approximate surface area is 151 Å². The molecular weight excluding hydrogens is 339 g/mol. The fraction of sp³-hybridized carbons (Fsp3) is 0.222. The third kappa shape index (κ3) is 5.37. The highest BCUT2D eigenvalue weighted by Gasteiger charge is 2.08. The van der Waals surface area contributed by atoms with Crippen LogP contribution in [-0.4, -0.2) is 39.7 Å². The maximum absolute atomic E-state index is 12.9. The van der Waals surface area contributed by atoms with Gasteiger partial charge in [0.2, 0.25) is 5.91 Å². The number of nitrogens with zero attached hydrogens (tertiary/aromatic N) is 1. The number of rotatable bonds is 6. The number of ether oxygens (including phenoxy) is 2. The second-order valence-corrected chi connectivity index (χ2v) is 5.18. The smallest absolute Gasteiger partial charge is 0.243 e. The lowest BCUT2D eigenvalue weighted by molar-refractivity contribution is -0.115. The monoisotopic (exact) mass is 360 g/mol. The van der Waals surface area contributed by atoms with E-state index in [0.29, 0.717) is 23.1 Å². The van der Waals surface area contributed by atoms with Crippen LogP contribution in [0.5, 0.6) is 11.5 Å². The number of carbonyl (C=O) groups is 1. The highest BCUT2D eigenvalue weighted by atomic mass is 19.1. The van der Waals surface area contributed by atoms with Crippen LogP contribution in [0.1, 0.15) is 0 Å². The maximum Gasteiger partial charge on any atom is 0.243 e.